The number of carbonyl (C=O) groups excluding carboxylic acids is 1. The third-order valence-corrected chi connectivity index (χ3v) is 5.02. The van der Waals surface area contributed by atoms with Gasteiger partial charge in [-0.05, 0) is 30.5 Å². The van der Waals surface area contributed by atoms with Gasteiger partial charge in [-0.15, -0.1) is 0 Å². The van der Waals surface area contributed by atoms with Crippen LogP contribution in [0.25, 0.3) is 11.1 Å². The van der Waals surface area contributed by atoms with Crippen molar-refractivity contribution in [2.75, 3.05) is 11.9 Å². The van der Waals surface area contributed by atoms with Gasteiger partial charge in [-0.2, -0.15) is 0 Å². The molecule has 0 fully saturated rings. The van der Waals surface area contributed by atoms with Crippen molar-refractivity contribution in [3.8, 4) is 11.1 Å². The topological polar surface area (TPSA) is 68.1 Å². The first kappa shape index (κ1) is 17.1. The molecule has 0 unspecified atom stereocenters. The molecule has 6 heteroatoms. The summed E-state index contributed by atoms with van der Waals surface area (Å²) in [7, 11) is 1.82. The van der Waals surface area contributed by atoms with Crippen LogP contribution in [0.5, 0.6) is 0 Å². The van der Waals surface area contributed by atoms with E-state index in [0.717, 1.165) is 28.8 Å². The number of pyridine rings is 1. The zero-order chi connectivity index (χ0) is 19.0. The van der Waals surface area contributed by atoms with Crippen molar-refractivity contribution >= 4 is 11.6 Å². The number of hydrogen-bond donors (Lipinski definition) is 0. The Morgan fingerprint density at radius 1 is 1.11 bits per heavy atom. The number of aromatic nitrogens is 3. The van der Waals surface area contributed by atoms with Crippen LogP contribution < -0.4 is 10.5 Å². The Hall–Kier alpha value is -3.28. The van der Waals surface area contributed by atoms with Crippen LogP contribution in [-0.2, 0) is 17.8 Å². The number of carbonyl (C=O) groups is 1. The summed E-state index contributed by atoms with van der Waals surface area (Å²) in [6, 6.07) is 9.57. The van der Waals surface area contributed by atoms with Gasteiger partial charge in [0.05, 0.1) is 12.2 Å². The number of anilines is 1. The summed E-state index contributed by atoms with van der Waals surface area (Å²) in [6.07, 6.45) is 6.36. The molecule has 1 amide bonds. The van der Waals surface area contributed by atoms with E-state index in [0.29, 0.717) is 18.8 Å². The lowest BCUT2D eigenvalue weighted by Crippen LogP contribution is -2.31. The Labute approximate surface area is 157 Å². The minimum Gasteiger partial charge on any atom is -0.315 e. The molecule has 1 aliphatic rings. The van der Waals surface area contributed by atoms with Crippen molar-refractivity contribution in [1.82, 2.24) is 14.5 Å². The molecule has 0 radical (unpaired) electrons. The van der Waals surface area contributed by atoms with Crippen LogP contribution in [0.3, 0.4) is 0 Å². The molecule has 0 saturated carbocycles. The van der Waals surface area contributed by atoms with Gasteiger partial charge >= 0.3 is 0 Å². The maximum absolute atomic E-state index is 12.2. The lowest BCUT2D eigenvalue weighted by molar-refractivity contribution is -0.118. The summed E-state index contributed by atoms with van der Waals surface area (Å²) in [5.41, 5.74) is 4.85. The Bertz CT molecular complexity index is 1090. The lowest BCUT2D eigenvalue weighted by Gasteiger charge is -2.28. The predicted molar refractivity (Wildman–Crippen MR) is 104 cm³/mol. The fraction of sp³-hybridized carbons (Fsp3) is 0.238. The summed E-state index contributed by atoms with van der Waals surface area (Å²) in [5.74, 6) is 0.784. The van der Waals surface area contributed by atoms with E-state index >= 15 is 0 Å². The minimum atomic E-state index is -0.0877. The molecule has 136 valence electrons. The molecule has 0 spiro atoms. The van der Waals surface area contributed by atoms with E-state index in [-0.39, 0.29) is 11.5 Å². The van der Waals surface area contributed by atoms with Gasteiger partial charge in [0.2, 0.25) is 5.91 Å². The Morgan fingerprint density at radius 3 is 2.78 bits per heavy atom. The van der Waals surface area contributed by atoms with Crippen LogP contribution in [-0.4, -0.2) is 27.5 Å². The van der Waals surface area contributed by atoms with Crippen LogP contribution in [0.4, 0.5) is 5.69 Å². The smallest absolute Gasteiger partial charge is 0.253 e. The number of fused-ring (bicyclic) bond motifs is 1. The quantitative estimate of drug-likeness (QED) is 0.720. The van der Waals surface area contributed by atoms with E-state index in [4.69, 9.17) is 0 Å². The molecule has 6 nitrogen and oxygen atoms in total. The number of nitrogens with zero attached hydrogens (tertiary/aromatic N) is 4. The molecule has 0 N–H and O–H groups in total. The van der Waals surface area contributed by atoms with Crippen molar-refractivity contribution in [3.05, 3.63) is 76.2 Å². The van der Waals surface area contributed by atoms with E-state index in [2.05, 4.69) is 16.0 Å². The van der Waals surface area contributed by atoms with Gasteiger partial charge < -0.3 is 4.90 Å². The average molecular weight is 360 g/mol. The number of para-hydroxylation sites is 1. The Kier molecular flexibility index (Phi) is 4.32. The van der Waals surface area contributed by atoms with Crippen molar-refractivity contribution in [3.63, 3.8) is 0 Å². The first-order valence-corrected chi connectivity index (χ1v) is 8.90. The standard InChI is InChI=1S/C21H20N4O2/c1-14-23-9-8-20(27)25(14)13-15-10-17(12-22-11-15)18-5-3-4-16-6-7-19(26)24(2)21(16)18/h3-5,8-12H,6-7,13H2,1-2H3. The summed E-state index contributed by atoms with van der Waals surface area (Å²) < 4.78 is 1.62. The second-order valence-electron chi connectivity index (χ2n) is 6.76. The molecule has 1 aromatic carbocycles. The Morgan fingerprint density at radius 2 is 1.96 bits per heavy atom. The summed E-state index contributed by atoms with van der Waals surface area (Å²) >= 11 is 0. The van der Waals surface area contributed by atoms with Gasteiger partial charge in [-0.1, -0.05) is 18.2 Å². The highest BCUT2D eigenvalue weighted by Gasteiger charge is 2.24. The van der Waals surface area contributed by atoms with E-state index in [1.54, 1.807) is 21.9 Å². The van der Waals surface area contributed by atoms with Crippen molar-refractivity contribution in [2.45, 2.75) is 26.3 Å². The third kappa shape index (κ3) is 3.14. The summed E-state index contributed by atoms with van der Waals surface area (Å²) in [4.78, 5) is 34.6. The zero-order valence-electron chi connectivity index (χ0n) is 15.3. The van der Waals surface area contributed by atoms with Crippen molar-refractivity contribution in [1.29, 1.82) is 0 Å². The molecule has 0 bridgehead atoms. The Balaban J connectivity index is 1.76. The predicted octanol–water partition coefficient (Wildman–Crippen LogP) is 2.57. The van der Waals surface area contributed by atoms with Gasteiger partial charge in [-0.25, -0.2) is 4.98 Å². The second-order valence-corrected chi connectivity index (χ2v) is 6.76. The van der Waals surface area contributed by atoms with Crippen LogP contribution in [0, 0.1) is 6.92 Å². The van der Waals surface area contributed by atoms with Crippen LogP contribution in [0.15, 0.2) is 53.7 Å². The lowest BCUT2D eigenvalue weighted by atomic mass is 9.94. The zero-order valence-corrected chi connectivity index (χ0v) is 15.3. The molecular weight excluding hydrogens is 340 g/mol. The first-order valence-electron chi connectivity index (χ1n) is 8.90. The van der Waals surface area contributed by atoms with Crippen LogP contribution in [0.1, 0.15) is 23.4 Å². The number of amides is 1. The normalized spacial score (nSPS) is 13.6. The van der Waals surface area contributed by atoms with Gasteiger partial charge in [0, 0.05) is 49.3 Å². The highest BCUT2D eigenvalue weighted by atomic mass is 16.2. The number of hydrogen-bond acceptors (Lipinski definition) is 4. The number of aryl methyl sites for hydroxylation is 2. The highest BCUT2D eigenvalue weighted by Crippen LogP contribution is 2.37. The van der Waals surface area contributed by atoms with Crippen LogP contribution >= 0.6 is 0 Å². The molecule has 4 rings (SSSR count). The fourth-order valence-electron chi connectivity index (χ4n) is 3.58. The second kappa shape index (κ2) is 6.79. The molecule has 0 aliphatic carbocycles. The number of rotatable bonds is 3. The molecule has 2 aromatic heterocycles. The van der Waals surface area contributed by atoms with Gasteiger partial charge in [0.15, 0.2) is 0 Å². The molecule has 0 atom stereocenters. The maximum Gasteiger partial charge on any atom is 0.253 e. The number of benzene rings is 1. The third-order valence-electron chi connectivity index (χ3n) is 5.02. The van der Waals surface area contributed by atoms with E-state index in [1.165, 1.54) is 17.8 Å². The monoisotopic (exact) mass is 360 g/mol. The van der Waals surface area contributed by atoms with Gasteiger partial charge in [-0.3, -0.25) is 19.1 Å². The average Bonchev–Trinajstić information content (AvgIpc) is 2.68. The summed E-state index contributed by atoms with van der Waals surface area (Å²) in [5, 5.41) is 0. The molecule has 3 aromatic rings. The van der Waals surface area contributed by atoms with E-state index < -0.39 is 0 Å². The van der Waals surface area contributed by atoms with E-state index in [9.17, 15) is 9.59 Å². The largest absolute Gasteiger partial charge is 0.315 e. The fourth-order valence-corrected chi connectivity index (χ4v) is 3.58. The van der Waals surface area contributed by atoms with Crippen molar-refractivity contribution < 1.29 is 4.79 Å². The minimum absolute atomic E-state index is 0.0877. The van der Waals surface area contributed by atoms with Gasteiger partial charge in [0.1, 0.15) is 5.82 Å². The molecule has 3 heterocycles. The maximum atomic E-state index is 12.2. The highest BCUT2D eigenvalue weighted by molar-refractivity contribution is 6.00. The first-order chi connectivity index (χ1) is 13.0. The van der Waals surface area contributed by atoms with Gasteiger partial charge in [0.25, 0.3) is 5.56 Å². The molecule has 0 saturated heterocycles. The van der Waals surface area contributed by atoms with Crippen molar-refractivity contribution in [2.24, 2.45) is 0 Å². The van der Waals surface area contributed by atoms with Crippen LogP contribution in [0.2, 0.25) is 0 Å². The SMILES string of the molecule is Cc1nccc(=O)n1Cc1cncc(-c2cccc3c2N(C)C(=O)CC3)c1. The molecule has 1 aliphatic heterocycles. The van der Waals surface area contributed by atoms with E-state index in [1.807, 2.05) is 32.2 Å². The molecule has 27 heavy (non-hydrogen) atoms. The molecular formula is C21H20N4O2. The summed E-state index contributed by atoms with van der Waals surface area (Å²) in [6.45, 7) is 2.22.